The normalized spacial score (nSPS) is 21.2. The molecule has 1 heteroatoms. The van der Waals surface area contributed by atoms with Crippen LogP contribution in [0.25, 0.3) is 0 Å². The van der Waals surface area contributed by atoms with Gasteiger partial charge in [-0.3, -0.25) is 0 Å². The summed E-state index contributed by atoms with van der Waals surface area (Å²) in [6, 6.07) is 0. The first kappa shape index (κ1) is 8.62. The molecule has 0 radical (unpaired) electrons. The molecular formula is C10H17N. The Labute approximate surface area is 69.6 Å². The van der Waals surface area contributed by atoms with Crippen molar-refractivity contribution in [3.63, 3.8) is 0 Å². The quantitative estimate of drug-likeness (QED) is 0.562. The molecule has 0 unspecified atom stereocenters. The third-order valence-corrected chi connectivity index (χ3v) is 2.73. The summed E-state index contributed by atoms with van der Waals surface area (Å²) in [5, 5.41) is 3.34. The third kappa shape index (κ3) is 1.97. The number of piperidine rings is 1. The summed E-state index contributed by atoms with van der Waals surface area (Å²) in [5.41, 5.74) is 0.0993. The molecule has 0 amide bonds. The molecule has 1 fully saturated rings. The Bertz CT molecular complexity index is 158. The van der Waals surface area contributed by atoms with Crippen LogP contribution < -0.4 is 5.32 Å². The van der Waals surface area contributed by atoms with E-state index in [1.807, 2.05) is 0 Å². The van der Waals surface area contributed by atoms with Crippen molar-refractivity contribution >= 4 is 0 Å². The lowest BCUT2D eigenvalue weighted by Crippen LogP contribution is -2.34. The van der Waals surface area contributed by atoms with Crippen molar-refractivity contribution in [2.75, 3.05) is 13.1 Å². The molecule has 0 aromatic rings. The summed E-state index contributed by atoms with van der Waals surface area (Å²) < 4.78 is 0. The maximum atomic E-state index is 5.47. The van der Waals surface area contributed by atoms with Crippen molar-refractivity contribution in [2.45, 2.75) is 26.7 Å². The smallest absolute Gasteiger partial charge is 0.0284 e. The highest BCUT2D eigenvalue weighted by atomic mass is 14.9. The van der Waals surface area contributed by atoms with Gasteiger partial charge in [-0.1, -0.05) is 0 Å². The minimum atomic E-state index is 0.0993. The second-order valence-corrected chi connectivity index (χ2v) is 3.89. The number of hydrogen-bond acceptors (Lipinski definition) is 1. The fourth-order valence-electron chi connectivity index (χ4n) is 1.66. The molecule has 62 valence electrons. The molecule has 0 aliphatic carbocycles. The van der Waals surface area contributed by atoms with E-state index in [1.54, 1.807) is 0 Å². The van der Waals surface area contributed by atoms with Gasteiger partial charge in [-0.15, -0.1) is 12.3 Å². The molecule has 1 nitrogen and oxygen atoms in total. The molecule has 11 heavy (non-hydrogen) atoms. The van der Waals surface area contributed by atoms with E-state index in [0.29, 0.717) is 5.92 Å². The van der Waals surface area contributed by atoms with E-state index in [9.17, 15) is 0 Å². The van der Waals surface area contributed by atoms with Crippen LogP contribution >= 0.6 is 0 Å². The second kappa shape index (κ2) is 3.28. The lowest BCUT2D eigenvalue weighted by atomic mass is 9.75. The SMILES string of the molecule is C#CC(C)(C)C1CCNCC1. The zero-order chi connectivity index (χ0) is 8.32. The second-order valence-electron chi connectivity index (χ2n) is 3.89. The zero-order valence-electron chi connectivity index (χ0n) is 7.48. The van der Waals surface area contributed by atoms with Gasteiger partial charge in [-0.25, -0.2) is 0 Å². The third-order valence-electron chi connectivity index (χ3n) is 2.73. The number of nitrogens with one attached hydrogen (secondary N) is 1. The predicted molar refractivity (Wildman–Crippen MR) is 48.2 cm³/mol. The lowest BCUT2D eigenvalue weighted by Gasteiger charge is -2.33. The first-order valence-corrected chi connectivity index (χ1v) is 4.35. The highest BCUT2D eigenvalue weighted by Gasteiger charge is 2.28. The summed E-state index contributed by atoms with van der Waals surface area (Å²) in [5.74, 6) is 3.60. The number of rotatable bonds is 1. The van der Waals surface area contributed by atoms with Crippen molar-refractivity contribution < 1.29 is 0 Å². The van der Waals surface area contributed by atoms with Gasteiger partial charge in [-0.05, 0) is 45.7 Å². The van der Waals surface area contributed by atoms with Gasteiger partial charge in [0.25, 0.3) is 0 Å². The number of terminal acetylenes is 1. The molecule has 1 heterocycles. The van der Waals surface area contributed by atoms with Crippen LogP contribution in [0.2, 0.25) is 0 Å². The van der Waals surface area contributed by atoms with E-state index in [4.69, 9.17) is 6.42 Å². The first-order chi connectivity index (χ1) is 5.17. The molecule has 0 aromatic heterocycles. The molecule has 1 rings (SSSR count). The van der Waals surface area contributed by atoms with Crippen molar-refractivity contribution in [3.05, 3.63) is 0 Å². The Morgan fingerprint density at radius 1 is 1.36 bits per heavy atom. The van der Waals surface area contributed by atoms with Gasteiger partial charge in [0.05, 0.1) is 0 Å². The molecule has 0 bridgehead atoms. The Morgan fingerprint density at radius 3 is 2.36 bits per heavy atom. The topological polar surface area (TPSA) is 12.0 Å². The van der Waals surface area contributed by atoms with E-state index in [0.717, 1.165) is 13.1 Å². The molecule has 1 aliphatic rings. The van der Waals surface area contributed by atoms with Crippen molar-refractivity contribution in [1.29, 1.82) is 0 Å². The molecular weight excluding hydrogens is 134 g/mol. The van der Waals surface area contributed by atoms with E-state index in [2.05, 4.69) is 25.1 Å². The average molecular weight is 151 g/mol. The monoisotopic (exact) mass is 151 g/mol. The van der Waals surface area contributed by atoms with E-state index >= 15 is 0 Å². The molecule has 1 saturated heterocycles. The standard InChI is InChI=1S/C10H17N/c1-4-10(2,3)9-5-7-11-8-6-9/h1,9,11H,5-8H2,2-3H3. The van der Waals surface area contributed by atoms with Gasteiger partial charge in [0, 0.05) is 5.41 Å². The fraction of sp³-hybridized carbons (Fsp3) is 0.800. The minimum absolute atomic E-state index is 0.0993. The highest BCUT2D eigenvalue weighted by Crippen LogP contribution is 2.32. The molecule has 0 saturated carbocycles. The van der Waals surface area contributed by atoms with Crippen molar-refractivity contribution in [1.82, 2.24) is 5.32 Å². The van der Waals surface area contributed by atoms with E-state index < -0.39 is 0 Å². The molecule has 0 spiro atoms. The average Bonchev–Trinajstić information content (AvgIpc) is 2.06. The van der Waals surface area contributed by atoms with Crippen LogP contribution in [-0.4, -0.2) is 13.1 Å². The predicted octanol–water partition coefficient (Wildman–Crippen LogP) is 1.65. The van der Waals surface area contributed by atoms with Crippen LogP contribution in [0.5, 0.6) is 0 Å². The van der Waals surface area contributed by atoms with Crippen LogP contribution in [0.3, 0.4) is 0 Å². The maximum Gasteiger partial charge on any atom is 0.0284 e. The van der Waals surface area contributed by atoms with Gasteiger partial charge in [0.2, 0.25) is 0 Å². The van der Waals surface area contributed by atoms with Gasteiger partial charge < -0.3 is 5.32 Å². The Morgan fingerprint density at radius 2 is 1.91 bits per heavy atom. The summed E-state index contributed by atoms with van der Waals surface area (Å²) >= 11 is 0. The van der Waals surface area contributed by atoms with E-state index in [-0.39, 0.29) is 5.41 Å². The van der Waals surface area contributed by atoms with Gasteiger partial charge in [0.15, 0.2) is 0 Å². The highest BCUT2D eigenvalue weighted by molar-refractivity contribution is 5.04. The summed E-state index contributed by atoms with van der Waals surface area (Å²) in [6.45, 7) is 6.61. The lowest BCUT2D eigenvalue weighted by molar-refractivity contribution is 0.230. The molecule has 1 aliphatic heterocycles. The molecule has 0 atom stereocenters. The van der Waals surface area contributed by atoms with Crippen molar-refractivity contribution in [3.8, 4) is 12.3 Å². The fourth-order valence-corrected chi connectivity index (χ4v) is 1.66. The Hall–Kier alpha value is -0.480. The molecule has 1 N–H and O–H groups in total. The van der Waals surface area contributed by atoms with Crippen LogP contribution in [0.1, 0.15) is 26.7 Å². The van der Waals surface area contributed by atoms with Gasteiger partial charge in [0.1, 0.15) is 0 Å². The minimum Gasteiger partial charge on any atom is -0.317 e. The Balaban J connectivity index is 2.52. The van der Waals surface area contributed by atoms with E-state index in [1.165, 1.54) is 12.8 Å². The number of hydrogen-bond donors (Lipinski definition) is 1. The van der Waals surface area contributed by atoms with Crippen molar-refractivity contribution in [2.24, 2.45) is 11.3 Å². The molecule has 0 aromatic carbocycles. The summed E-state index contributed by atoms with van der Waals surface area (Å²) in [4.78, 5) is 0. The zero-order valence-corrected chi connectivity index (χ0v) is 7.48. The van der Waals surface area contributed by atoms with Gasteiger partial charge >= 0.3 is 0 Å². The van der Waals surface area contributed by atoms with Crippen LogP contribution in [-0.2, 0) is 0 Å². The maximum absolute atomic E-state index is 5.47. The van der Waals surface area contributed by atoms with Crippen LogP contribution in [0.4, 0.5) is 0 Å². The summed E-state index contributed by atoms with van der Waals surface area (Å²) in [7, 11) is 0. The van der Waals surface area contributed by atoms with Crippen LogP contribution in [0, 0.1) is 23.7 Å². The summed E-state index contributed by atoms with van der Waals surface area (Å²) in [6.07, 6.45) is 7.93. The Kier molecular flexibility index (Phi) is 2.57. The van der Waals surface area contributed by atoms with Crippen LogP contribution in [0.15, 0.2) is 0 Å². The largest absolute Gasteiger partial charge is 0.317 e. The van der Waals surface area contributed by atoms with Gasteiger partial charge in [-0.2, -0.15) is 0 Å². The first-order valence-electron chi connectivity index (χ1n) is 4.35.